The van der Waals surface area contributed by atoms with Gasteiger partial charge in [0.15, 0.2) is 0 Å². The maximum atomic E-state index is 6.08. The third kappa shape index (κ3) is 2.74. The zero-order chi connectivity index (χ0) is 13.9. The first-order valence-corrected chi connectivity index (χ1v) is 8.09. The maximum absolute atomic E-state index is 6.08. The molecule has 5 heteroatoms. The molecule has 0 bridgehead atoms. The van der Waals surface area contributed by atoms with Gasteiger partial charge in [0.25, 0.3) is 0 Å². The van der Waals surface area contributed by atoms with Crippen LogP contribution < -0.4 is 5.73 Å². The predicted octanol–water partition coefficient (Wildman–Crippen LogP) is 3.44. The molecule has 3 rings (SSSR count). The van der Waals surface area contributed by atoms with Crippen molar-refractivity contribution in [2.45, 2.75) is 43.0 Å². The molecule has 1 aliphatic carbocycles. The molecule has 4 nitrogen and oxygen atoms in total. The number of nitrogens with two attached hydrogens (primary N) is 1. The van der Waals surface area contributed by atoms with Crippen LogP contribution in [0, 0.1) is 0 Å². The third-order valence-electron chi connectivity index (χ3n) is 3.75. The largest absolute Gasteiger partial charge is 0.339 e. The van der Waals surface area contributed by atoms with Gasteiger partial charge in [0.2, 0.25) is 11.7 Å². The standard InChI is InChI=1S/C15H19N3OS/c1-2-20-11-8-6-10(7-9-11)14-17-15(19-18-14)12-4-3-5-13(12)16/h6-9,12-13H,2-5,16H2,1H3. The van der Waals surface area contributed by atoms with Crippen LogP contribution in [0.15, 0.2) is 33.7 Å². The van der Waals surface area contributed by atoms with E-state index in [0.29, 0.717) is 11.7 Å². The number of hydrogen-bond acceptors (Lipinski definition) is 5. The Morgan fingerprint density at radius 1 is 1.30 bits per heavy atom. The SMILES string of the molecule is CCSc1ccc(-c2noc(C3CCCC3N)n2)cc1. The Hall–Kier alpha value is -1.33. The maximum Gasteiger partial charge on any atom is 0.231 e. The fraction of sp³-hybridized carbons (Fsp3) is 0.467. The molecule has 1 saturated carbocycles. The van der Waals surface area contributed by atoms with Gasteiger partial charge in [0.05, 0.1) is 5.92 Å². The van der Waals surface area contributed by atoms with Crippen molar-refractivity contribution >= 4 is 11.8 Å². The second-order valence-corrected chi connectivity index (χ2v) is 6.45. The summed E-state index contributed by atoms with van der Waals surface area (Å²) in [5, 5.41) is 4.09. The monoisotopic (exact) mass is 289 g/mol. The Morgan fingerprint density at radius 2 is 2.10 bits per heavy atom. The van der Waals surface area contributed by atoms with Crippen molar-refractivity contribution in [3.05, 3.63) is 30.2 Å². The van der Waals surface area contributed by atoms with Crippen molar-refractivity contribution in [2.75, 3.05) is 5.75 Å². The van der Waals surface area contributed by atoms with Crippen molar-refractivity contribution in [1.82, 2.24) is 10.1 Å². The molecular formula is C15H19N3OS. The number of benzene rings is 1. The summed E-state index contributed by atoms with van der Waals surface area (Å²) in [4.78, 5) is 5.79. The van der Waals surface area contributed by atoms with Crippen molar-refractivity contribution in [3.8, 4) is 11.4 Å². The van der Waals surface area contributed by atoms with Gasteiger partial charge in [-0.05, 0) is 42.9 Å². The topological polar surface area (TPSA) is 64.9 Å². The minimum Gasteiger partial charge on any atom is -0.339 e. The Balaban J connectivity index is 1.79. The molecule has 0 saturated heterocycles. The van der Waals surface area contributed by atoms with E-state index in [1.54, 1.807) is 0 Å². The van der Waals surface area contributed by atoms with E-state index in [-0.39, 0.29) is 12.0 Å². The highest BCUT2D eigenvalue weighted by Gasteiger charge is 2.30. The van der Waals surface area contributed by atoms with Gasteiger partial charge in [-0.25, -0.2) is 0 Å². The van der Waals surface area contributed by atoms with Crippen molar-refractivity contribution in [2.24, 2.45) is 5.73 Å². The summed E-state index contributed by atoms with van der Waals surface area (Å²) in [6.07, 6.45) is 3.24. The average Bonchev–Trinajstić information content (AvgIpc) is 3.08. The van der Waals surface area contributed by atoms with Gasteiger partial charge in [-0.2, -0.15) is 4.98 Å². The van der Waals surface area contributed by atoms with Crippen LogP contribution in [0.5, 0.6) is 0 Å². The normalized spacial score (nSPS) is 22.3. The number of thioether (sulfide) groups is 1. The van der Waals surface area contributed by atoms with E-state index in [4.69, 9.17) is 10.3 Å². The van der Waals surface area contributed by atoms with Gasteiger partial charge in [-0.1, -0.05) is 18.5 Å². The highest BCUT2D eigenvalue weighted by molar-refractivity contribution is 7.99. The molecular weight excluding hydrogens is 270 g/mol. The molecule has 2 aromatic rings. The lowest BCUT2D eigenvalue weighted by Gasteiger charge is -2.08. The van der Waals surface area contributed by atoms with Gasteiger partial charge in [0, 0.05) is 16.5 Å². The van der Waals surface area contributed by atoms with E-state index in [1.165, 1.54) is 4.90 Å². The van der Waals surface area contributed by atoms with Crippen molar-refractivity contribution in [3.63, 3.8) is 0 Å². The van der Waals surface area contributed by atoms with Gasteiger partial charge < -0.3 is 10.3 Å². The molecule has 0 spiro atoms. The van der Waals surface area contributed by atoms with Crippen LogP contribution in [0.4, 0.5) is 0 Å². The first-order valence-electron chi connectivity index (χ1n) is 7.10. The summed E-state index contributed by atoms with van der Waals surface area (Å²) >= 11 is 1.82. The molecule has 1 aromatic heterocycles. The van der Waals surface area contributed by atoms with E-state index in [2.05, 4.69) is 29.2 Å². The molecule has 2 atom stereocenters. The lowest BCUT2D eigenvalue weighted by molar-refractivity contribution is 0.345. The van der Waals surface area contributed by atoms with Crippen molar-refractivity contribution in [1.29, 1.82) is 0 Å². The molecule has 1 heterocycles. The molecule has 1 aliphatic rings. The van der Waals surface area contributed by atoms with Crippen LogP contribution in [0.2, 0.25) is 0 Å². The molecule has 2 unspecified atom stereocenters. The second kappa shape index (κ2) is 5.97. The fourth-order valence-electron chi connectivity index (χ4n) is 2.67. The van der Waals surface area contributed by atoms with E-state index in [1.807, 2.05) is 23.9 Å². The third-order valence-corrected chi connectivity index (χ3v) is 4.65. The highest BCUT2D eigenvalue weighted by Crippen LogP contribution is 2.33. The van der Waals surface area contributed by atoms with Crippen LogP contribution in [0.3, 0.4) is 0 Å². The zero-order valence-corrected chi connectivity index (χ0v) is 12.4. The quantitative estimate of drug-likeness (QED) is 0.873. The Kier molecular flexibility index (Phi) is 4.08. The van der Waals surface area contributed by atoms with Gasteiger partial charge in [0.1, 0.15) is 0 Å². The summed E-state index contributed by atoms with van der Waals surface area (Å²) < 4.78 is 5.40. The van der Waals surface area contributed by atoms with Crippen LogP contribution in [0.25, 0.3) is 11.4 Å². The minimum atomic E-state index is 0.159. The Labute approximate surface area is 123 Å². The lowest BCUT2D eigenvalue weighted by Crippen LogP contribution is -2.22. The molecule has 2 N–H and O–H groups in total. The highest BCUT2D eigenvalue weighted by atomic mass is 32.2. The van der Waals surface area contributed by atoms with Crippen LogP contribution in [0.1, 0.15) is 38.0 Å². The Morgan fingerprint density at radius 3 is 2.75 bits per heavy atom. The number of rotatable bonds is 4. The lowest BCUT2D eigenvalue weighted by atomic mass is 10.1. The van der Waals surface area contributed by atoms with E-state index < -0.39 is 0 Å². The van der Waals surface area contributed by atoms with E-state index in [9.17, 15) is 0 Å². The first-order chi connectivity index (χ1) is 9.78. The molecule has 106 valence electrons. The summed E-state index contributed by atoms with van der Waals surface area (Å²) in [5.74, 6) is 2.65. The molecule has 1 aromatic carbocycles. The zero-order valence-electron chi connectivity index (χ0n) is 11.6. The molecule has 1 fully saturated rings. The number of nitrogens with zero attached hydrogens (tertiary/aromatic N) is 2. The molecule has 0 radical (unpaired) electrons. The number of hydrogen-bond donors (Lipinski definition) is 1. The smallest absolute Gasteiger partial charge is 0.231 e. The summed E-state index contributed by atoms with van der Waals surface area (Å²) in [7, 11) is 0. The summed E-state index contributed by atoms with van der Waals surface area (Å²) in [6.45, 7) is 2.15. The summed E-state index contributed by atoms with van der Waals surface area (Å²) in [5.41, 5.74) is 7.07. The van der Waals surface area contributed by atoms with Gasteiger partial charge in [-0.3, -0.25) is 0 Å². The van der Waals surface area contributed by atoms with Crippen LogP contribution in [-0.4, -0.2) is 21.9 Å². The van der Waals surface area contributed by atoms with Gasteiger partial charge >= 0.3 is 0 Å². The molecule has 20 heavy (non-hydrogen) atoms. The summed E-state index contributed by atoms with van der Waals surface area (Å²) in [6, 6.07) is 8.44. The minimum absolute atomic E-state index is 0.159. The number of aromatic nitrogens is 2. The van der Waals surface area contributed by atoms with Crippen LogP contribution >= 0.6 is 11.8 Å². The average molecular weight is 289 g/mol. The van der Waals surface area contributed by atoms with Gasteiger partial charge in [-0.15, -0.1) is 11.8 Å². The van der Waals surface area contributed by atoms with E-state index in [0.717, 1.165) is 30.6 Å². The molecule has 0 amide bonds. The van der Waals surface area contributed by atoms with Crippen LogP contribution in [-0.2, 0) is 0 Å². The first kappa shape index (κ1) is 13.6. The second-order valence-electron chi connectivity index (χ2n) is 5.11. The predicted molar refractivity (Wildman–Crippen MR) is 80.7 cm³/mol. The van der Waals surface area contributed by atoms with Crippen molar-refractivity contribution < 1.29 is 4.52 Å². The van der Waals surface area contributed by atoms with E-state index >= 15 is 0 Å². The Bertz CT molecular complexity index is 567. The fourth-order valence-corrected chi connectivity index (χ4v) is 3.33. The molecule has 0 aliphatic heterocycles.